The third-order valence-corrected chi connectivity index (χ3v) is 5.85. The number of halogens is 3. The number of hydrogen-bond donors (Lipinski definition) is 2. The monoisotopic (exact) mass is 391 g/mol. The van der Waals surface area contributed by atoms with E-state index in [1.54, 1.807) is 0 Å². The molecule has 1 aromatic rings. The normalized spacial score (nSPS) is 12.1. The van der Waals surface area contributed by atoms with Gasteiger partial charge in [0.15, 0.2) is 0 Å². The van der Waals surface area contributed by atoms with E-state index in [-0.39, 0.29) is 41.2 Å². The van der Waals surface area contributed by atoms with Crippen LogP contribution in [0.2, 0.25) is 10.0 Å². The molecule has 0 aromatic heterocycles. The first-order valence-corrected chi connectivity index (χ1v) is 8.20. The molecule has 0 amide bonds. The molecule has 0 aliphatic rings. The maximum atomic E-state index is 12.3. The maximum absolute atomic E-state index is 12.3. The van der Waals surface area contributed by atoms with Crippen LogP contribution in [0, 0.1) is 0 Å². The summed E-state index contributed by atoms with van der Waals surface area (Å²) in [7, 11) is -3.92. The molecule has 0 aliphatic heterocycles. The fourth-order valence-corrected chi connectivity index (χ4v) is 4.07. The predicted molar refractivity (Wildman–Crippen MR) is 77.1 cm³/mol. The van der Waals surface area contributed by atoms with Crippen LogP contribution in [0.4, 0.5) is 0 Å². The van der Waals surface area contributed by atoms with Crippen molar-refractivity contribution in [3.05, 3.63) is 26.7 Å². The van der Waals surface area contributed by atoms with Crippen molar-refractivity contribution >= 4 is 49.2 Å². The minimum atomic E-state index is -3.92. The molecule has 0 saturated heterocycles. The van der Waals surface area contributed by atoms with Gasteiger partial charge in [-0.2, -0.15) is 4.31 Å². The number of aliphatic hydroxyl groups excluding tert-OH is 2. The van der Waals surface area contributed by atoms with Crippen molar-refractivity contribution < 1.29 is 18.6 Å². The lowest BCUT2D eigenvalue weighted by Crippen LogP contribution is -2.36. The molecule has 9 heteroatoms. The second kappa shape index (κ2) is 7.21. The van der Waals surface area contributed by atoms with Gasteiger partial charge >= 0.3 is 0 Å². The molecule has 5 nitrogen and oxygen atoms in total. The van der Waals surface area contributed by atoms with Crippen LogP contribution in [0.15, 0.2) is 21.5 Å². The summed E-state index contributed by atoms with van der Waals surface area (Å²) < 4.78 is 26.1. The summed E-state index contributed by atoms with van der Waals surface area (Å²) in [6.45, 7) is -0.984. The van der Waals surface area contributed by atoms with E-state index in [0.717, 1.165) is 4.31 Å². The molecule has 0 saturated carbocycles. The predicted octanol–water partition coefficient (Wildman–Crippen LogP) is 1.73. The zero-order valence-electron chi connectivity index (χ0n) is 9.68. The van der Waals surface area contributed by atoms with Crippen molar-refractivity contribution in [3.8, 4) is 0 Å². The highest BCUT2D eigenvalue weighted by Crippen LogP contribution is 2.33. The standard InChI is InChI=1S/C10H12BrCl2NO4S/c11-7-5-9(13)10(6-8(7)12)19(17,18)14(1-3-15)2-4-16/h5-6,15-16H,1-4H2. The Kier molecular flexibility index (Phi) is 6.52. The molecule has 1 aromatic carbocycles. The molecule has 0 spiro atoms. The summed E-state index contributed by atoms with van der Waals surface area (Å²) in [5.41, 5.74) is 0. The number of sulfonamides is 1. The van der Waals surface area contributed by atoms with Gasteiger partial charge in [0.2, 0.25) is 10.0 Å². The average Bonchev–Trinajstić information content (AvgIpc) is 2.33. The average molecular weight is 393 g/mol. The Bertz CT molecular complexity index is 547. The van der Waals surface area contributed by atoms with Crippen molar-refractivity contribution in [1.82, 2.24) is 4.31 Å². The fraction of sp³-hybridized carbons (Fsp3) is 0.400. The van der Waals surface area contributed by atoms with Gasteiger partial charge in [-0.25, -0.2) is 8.42 Å². The molecule has 0 heterocycles. The lowest BCUT2D eigenvalue weighted by molar-refractivity contribution is 0.217. The van der Waals surface area contributed by atoms with E-state index in [9.17, 15) is 8.42 Å². The molecule has 2 N–H and O–H groups in total. The van der Waals surface area contributed by atoms with Crippen LogP contribution in [0.1, 0.15) is 0 Å². The van der Waals surface area contributed by atoms with E-state index in [1.807, 2.05) is 0 Å². The summed E-state index contributed by atoms with van der Waals surface area (Å²) in [6.07, 6.45) is 0. The highest BCUT2D eigenvalue weighted by Gasteiger charge is 2.26. The van der Waals surface area contributed by atoms with Crippen molar-refractivity contribution in [1.29, 1.82) is 0 Å². The highest BCUT2D eigenvalue weighted by atomic mass is 79.9. The first-order valence-electron chi connectivity index (χ1n) is 5.21. The Morgan fingerprint density at radius 3 is 2.11 bits per heavy atom. The quantitative estimate of drug-likeness (QED) is 0.722. The molecule has 0 radical (unpaired) electrons. The van der Waals surface area contributed by atoms with Gasteiger partial charge in [-0.1, -0.05) is 23.2 Å². The summed E-state index contributed by atoms with van der Waals surface area (Å²) in [4.78, 5) is -0.163. The van der Waals surface area contributed by atoms with E-state index < -0.39 is 10.0 Å². The Morgan fingerprint density at radius 1 is 1.11 bits per heavy atom. The van der Waals surface area contributed by atoms with Crippen molar-refractivity contribution in [2.24, 2.45) is 0 Å². The van der Waals surface area contributed by atoms with Crippen molar-refractivity contribution in [3.63, 3.8) is 0 Å². The number of hydrogen-bond acceptors (Lipinski definition) is 4. The number of nitrogens with zero attached hydrogens (tertiary/aromatic N) is 1. The van der Waals surface area contributed by atoms with Crippen molar-refractivity contribution in [2.45, 2.75) is 4.90 Å². The van der Waals surface area contributed by atoms with Crippen LogP contribution in [0.3, 0.4) is 0 Å². The molecule has 19 heavy (non-hydrogen) atoms. The minimum Gasteiger partial charge on any atom is -0.395 e. The Labute approximate surface area is 129 Å². The van der Waals surface area contributed by atoms with Gasteiger partial charge in [-0.05, 0) is 28.1 Å². The van der Waals surface area contributed by atoms with Crippen LogP contribution in [0.25, 0.3) is 0 Å². The first-order chi connectivity index (χ1) is 8.84. The van der Waals surface area contributed by atoms with E-state index in [4.69, 9.17) is 33.4 Å². The first kappa shape index (κ1) is 17.2. The molecule has 0 unspecified atom stereocenters. The molecular formula is C10H12BrCl2NO4S. The van der Waals surface area contributed by atoms with E-state index >= 15 is 0 Å². The fourth-order valence-electron chi connectivity index (χ4n) is 1.42. The van der Waals surface area contributed by atoms with Gasteiger partial charge in [-0.15, -0.1) is 0 Å². The smallest absolute Gasteiger partial charge is 0.244 e. The number of benzene rings is 1. The third-order valence-electron chi connectivity index (χ3n) is 2.29. The summed E-state index contributed by atoms with van der Waals surface area (Å²) in [6, 6.07) is 2.61. The number of rotatable bonds is 6. The zero-order chi connectivity index (χ0) is 14.6. The van der Waals surface area contributed by atoms with Crippen molar-refractivity contribution in [2.75, 3.05) is 26.3 Å². The van der Waals surface area contributed by atoms with Gasteiger partial charge in [0.25, 0.3) is 0 Å². The second-order valence-corrected chi connectivity index (χ2v) is 7.12. The Morgan fingerprint density at radius 2 is 1.63 bits per heavy atom. The Hall–Kier alpha value is 0.110. The van der Waals surface area contributed by atoms with Gasteiger partial charge in [0.05, 0.1) is 23.3 Å². The summed E-state index contributed by atoms with van der Waals surface area (Å²) in [5.74, 6) is 0. The maximum Gasteiger partial charge on any atom is 0.244 e. The third kappa shape index (κ3) is 4.04. The van der Waals surface area contributed by atoms with Crippen LogP contribution < -0.4 is 0 Å². The summed E-state index contributed by atoms with van der Waals surface area (Å²) in [5, 5.41) is 18.0. The van der Waals surface area contributed by atoms with E-state index in [0.29, 0.717) is 4.47 Å². The summed E-state index contributed by atoms with van der Waals surface area (Å²) >= 11 is 14.9. The van der Waals surface area contributed by atoms with Gasteiger partial charge < -0.3 is 10.2 Å². The molecule has 0 fully saturated rings. The van der Waals surface area contributed by atoms with Crippen LogP contribution in [-0.4, -0.2) is 49.2 Å². The largest absolute Gasteiger partial charge is 0.395 e. The van der Waals surface area contributed by atoms with E-state index in [1.165, 1.54) is 12.1 Å². The lowest BCUT2D eigenvalue weighted by Gasteiger charge is -2.21. The molecular weight excluding hydrogens is 381 g/mol. The lowest BCUT2D eigenvalue weighted by atomic mass is 10.4. The van der Waals surface area contributed by atoms with Gasteiger partial charge in [0.1, 0.15) is 4.90 Å². The van der Waals surface area contributed by atoms with Crippen LogP contribution in [-0.2, 0) is 10.0 Å². The molecule has 108 valence electrons. The zero-order valence-corrected chi connectivity index (χ0v) is 13.6. The molecule has 0 atom stereocenters. The van der Waals surface area contributed by atoms with Crippen LogP contribution in [0.5, 0.6) is 0 Å². The molecule has 0 bridgehead atoms. The number of aliphatic hydroxyl groups is 2. The van der Waals surface area contributed by atoms with Gasteiger partial charge in [0, 0.05) is 17.6 Å². The second-order valence-electron chi connectivity index (χ2n) is 3.55. The topological polar surface area (TPSA) is 77.8 Å². The minimum absolute atomic E-state index is 0.0113. The highest BCUT2D eigenvalue weighted by molar-refractivity contribution is 9.10. The van der Waals surface area contributed by atoms with Gasteiger partial charge in [-0.3, -0.25) is 0 Å². The molecule has 1 rings (SSSR count). The molecule has 0 aliphatic carbocycles. The Balaban J connectivity index is 3.28. The van der Waals surface area contributed by atoms with E-state index in [2.05, 4.69) is 15.9 Å². The SMILES string of the molecule is O=S(=O)(c1cc(Cl)c(Br)cc1Cl)N(CCO)CCO. The van der Waals surface area contributed by atoms with Crippen LogP contribution >= 0.6 is 39.1 Å².